The quantitative estimate of drug-likeness (QED) is 0.808. The fourth-order valence-electron chi connectivity index (χ4n) is 2.43. The number of carbonyl (C=O) groups excluding carboxylic acids is 1. The second-order valence-corrected chi connectivity index (χ2v) is 5.36. The summed E-state index contributed by atoms with van der Waals surface area (Å²) in [7, 11) is 0. The maximum atomic E-state index is 12.2. The summed E-state index contributed by atoms with van der Waals surface area (Å²) in [5.41, 5.74) is 6.34. The standard InChI is InChI=1S/C13H23N5O2/c1-10-6-17(7-11(2)20-10)13(19)9-18-8-12(15-16-18)4-3-5-14/h8,10-11H,3-7,9,14H2,1-2H3. The highest BCUT2D eigenvalue weighted by Crippen LogP contribution is 2.11. The van der Waals surface area contributed by atoms with E-state index in [2.05, 4.69) is 10.3 Å². The van der Waals surface area contributed by atoms with E-state index in [-0.39, 0.29) is 24.7 Å². The Morgan fingerprint density at radius 3 is 2.80 bits per heavy atom. The molecule has 1 amide bonds. The molecule has 0 aromatic carbocycles. The molecule has 0 aliphatic carbocycles. The lowest BCUT2D eigenvalue weighted by molar-refractivity contribution is -0.144. The van der Waals surface area contributed by atoms with Gasteiger partial charge in [0.25, 0.3) is 0 Å². The minimum Gasteiger partial charge on any atom is -0.372 e. The summed E-state index contributed by atoms with van der Waals surface area (Å²) in [6.07, 6.45) is 3.67. The smallest absolute Gasteiger partial charge is 0.244 e. The largest absolute Gasteiger partial charge is 0.372 e. The predicted molar refractivity (Wildman–Crippen MR) is 74.0 cm³/mol. The number of aromatic nitrogens is 3. The maximum absolute atomic E-state index is 12.2. The number of nitrogens with zero attached hydrogens (tertiary/aromatic N) is 4. The molecule has 1 aromatic heterocycles. The molecule has 2 rings (SSSR count). The summed E-state index contributed by atoms with van der Waals surface area (Å²) in [4.78, 5) is 14.1. The topological polar surface area (TPSA) is 86.3 Å². The van der Waals surface area contributed by atoms with Crippen LogP contribution < -0.4 is 5.73 Å². The molecule has 2 heterocycles. The van der Waals surface area contributed by atoms with Crippen LogP contribution in [0.4, 0.5) is 0 Å². The lowest BCUT2D eigenvalue weighted by Gasteiger charge is -2.35. The number of ether oxygens (including phenoxy) is 1. The summed E-state index contributed by atoms with van der Waals surface area (Å²) in [5.74, 6) is 0.0577. The van der Waals surface area contributed by atoms with Crippen LogP contribution in [0.15, 0.2) is 6.20 Å². The maximum Gasteiger partial charge on any atom is 0.244 e. The van der Waals surface area contributed by atoms with E-state index < -0.39 is 0 Å². The number of rotatable bonds is 5. The van der Waals surface area contributed by atoms with Crippen LogP contribution in [0.25, 0.3) is 0 Å². The van der Waals surface area contributed by atoms with Crippen LogP contribution in [0.2, 0.25) is 0 Å². The Bertz CT molecular complexity index is 438. The Kier molecular flexibility index (Phi) is 5.08. The number of aryl methyl sites for hydroxylation is 1. The van der Waals surface area contributed by atoms with Crippen molar-refractivity contribution in [2.45, 2.75) is 45.4 Å². The van der Waals surface area contributed by atoms with Crippen LogP contribution in [0.5, 0.6) is 0 Å². The summed E-state index contributed by atoms with van der Waals surface area (Å²) in [5, 5.41) is 8.03. The Morgan fingerprint density at radius 2 is 2.15 bits per heavy atom. The molecule has 7 heteroatoms. The first-order chi connectivity index (χ1) is 9.58. The van der Waals surface area contributed by atoms with Crippen molar-refractivity contribution in [1.29, 1.82) is 0 Å². The molecule has 2 unspecified atom stereocenters. The van der Waals surface area contributed by atoms with Gasteiger partial charge in [0.1, 0.15) is 6.54 Å². The molecule has 0 spiro atoms. The van der Waals surface area contributed by atoms with Gasteiger partial charge in [0.05, 0.1) is 17.9 Å². The van der Waals surface area contributed by atoms with Crippen molar-refractivity contribution < 1.29 is 9.53 Å². The van der Waals surface area contributed by atoms with Gasteiger partial charge in [-0.2, -0.15) is 0 Å². The number of amides is 1. The Morgan fingerprint density at radius 1 is 1.45 bits per heavy atom. The Labute approximate surface area is 119 Å². The number of hydrogen-bond acceptors (Lipinski definition) is 5. The molecule has 20 heavy (non-hydrogen) atoms. The zero-order chi connectivity index (χ0) is 14.5. The minimum absolute atomic E-state index is 0.0577. The van der Waals surface area contributed by atoms with E-state index >= 15 is 0 Å². The van der Waals surface area contributed by atoms with Crippen molar-refractivity contribution in [3.05, 3.63) is 11.9 Å². The third-order valence-electron chi connectivity index (χ3n) is 3.29. The zero-order valence-electron chi connectivity index (χ0n) is 12.2. The van der Waals surface area contributed by atoms with Crippen LogP contribution >= 0.6 is 0 Å². The minimum atomic E-state index is 0.0577. The van der Waals surface area contributed by atoms with Gasteiger partial charge in [-0.3, -0.25) is 4.79 Å². The van der Waals surface area contributed by atoms with Gasteiger partial charge in [0.2, 0.25) is 5.91 Å². The van der Waals surface area contributed by atoms with Crippen molar-refractivity contribution in [3.63, 3.8) is 0 Å². The van der Waals surface area contributed by atoms with Gasteiger partial charge in [-0.1, -0.05) is 5.21 Å². The van der Waals surface area contributed by atoms with Gasteiger partial charge in [-0.05, 0) is 33.2 Å². The van der Waals surface area contributed by atoms with Crippen LogP contribution in [0.3, 0.4) is 0 Å². The summed E-state index contributed by atoms with van der Waals surface area (Å²) >= 11 is 0. The molecule has 2 N–H and O–H groups in total. The molecule has 2 atom stereocenters. The van der Waals surface area contributed by atoms with Crippen molar-refractivity contribution in [3.8, 4) is 0 Å². The highest BCUT2D eigenvalue weighted by molar-refractivity contribution is 5.76. The van der Waals surface area contributed by atoms with E-state index in [4.69, 9.17) is 10.5 Å². The summed E-state index contributed by atoms with van der Waals surface area (Å²) < 4.78 is 7.22. The highest BCUT2D eigenvalue weighted by Gasteiger charge is 2.26. The van der Waals surface area contributed by atoms with Gasteiger partial charge in [0.15, 0.2) is 0 Å². The summed E-state index contributed by atoms with van der Waals surface area (Å²) in [6.45, 7) is 6.10. The molecule has 0 bridgehead atoms. The van der Waals surface area contributed by atoms with E-state index in [1.165, 1.54) is 0 Å². The summed E-state index contributed by atoms with van der Waals surface area (Å²) in [6, 6.07) is 0. The lowest BCUT2D eigenvalue weighted by atomic mass is 10.2. The first kappa shape index (κ1) is 14.9. The fourth-order valence-corrected chi connectivity index (χ4v) is 2.43. The lowest BCUT2D eigenvalue weighted by Crippen LogP contribution is -2.49. The monoisotopic (exact) mass is 281 g/mol. The third-order valence-corrected chi connectivity index (χ3v) is 3.29. The van der Waals surface area contributed by atoms with Crippen LogP contribution in [0, 0.1) is 0 Å². The van der Waals surface area contributed by atoms with Crippen molar-refractivity contribution in [2.24, 2.45) is 5.73 Å². The second-order valence-electron chi connectivity index (χ2n) is 5.36. The van der Waals surface area contributed by atoms with Gasteiger partial charge >= 0.3 is 0 Å². The van der Waals surface area contributed by atoms with E-state index in [9.17, 15) is 4.79 Å². The van der Waals surface area contributed by atoms with E-state index in [0.717, 1.165) is 18.5 Å². The average molecular weight is 281 g/mol. The number of carbonyl (C=O) groups is 1. The molecule has 1 aliphatic heterocycles. The SMILES string of the molecule is CC1CN(C(=O)Cn2cc(CCCN)nn2)CC(C)O1. The molecule has 0 radical (unpaired) electrons. The normalized spacial score (nSPS) is 23.1. The third kappa shape index (κ3) is 4.01. The fraction of sp³-hybridized carbons (Fsp3) is 0.769. The zero-order valence-corrected chi connectivity index (χ0v) is 12.2. The van der Waals surface area contributed by atoms with Crippen molar-refractivity contribution in [1.82, 2.24) is 19.9 Å². The van der Waals surface area contributed by atoms with Crippen LogP contribution in [-0.4, -0.2) is 57.6 Å². The van der Waals surface area contributed by atoms with Crippen molar-refractivity contribution in [2.75, 3.05) is 19.6 Å². The molecule has 1 saturated heterocycles. The first-order valence-electron chi connectivity index (χ1n) is 7.10. The van der Waals surface area contributed by atoms with Crippen molar-refractivity contribution >= 4 is 5.91 Å². The molecule has 1 aromatic rings. The average Bonchev–Trinajstić information content (AvgIpc) is 2.82. The highest BCUT2D eigenvalue weighted by atomic mass is 16.5. The van der Waals surface area contributed by atoms with Crippen LogP contribution in [0.1, 0.15) is 26.0 Å². The number of hydrogen-bond donors (Lipinski definition) is 1. The first-order valence-corrected chi connectivity index (χ1v) is 7.10. The molecule has 112 valence electrons. The van der Waals surface area contributed by atoms with E-state index in [0.29, 0.717) is 19.6 Å². The molecule has 0 saturated carbocycles. The van der Waals surface area contributed by atoms with E-state index in [1.54, 1.807) is 4.68 Å². The van der Waals surface area contributed by atoms with Gasteiger partial charge in [-0.15, -0.1) is 5.10 Å². The second kappa shape index (κ2) is 6.81. The van der Waals surface area contributed by atoms with Crippen LogP contribution in [-0.2, 0) is 22.5 Å². The molecule has 1 fully saturated rings. The molecular formula is C13H23N5O2. The van der Waals surface area contributed by atoms with Gasteiger partial charge < -0.3 is 15.4 Å². The van der Waals surface area contributed by atoms with Gasteiger partial charge in [0, 0.05) is 19.3 Å². The predicted octanol–water partition coefficient (Wildman–Crippen LogP) is -0.195. The Balaban J connectivity index is 1.88. The van der Waals surface area contributed by atoms with Gasteiger partial charge in [-0.25, -0.2) is 4.68 Å². The molecule has 7 nitrogen and oxygen atoms in total. The molecular weight excluding hydrogens is 258 g/mol. The number of morpholine rings is 1. The number of nitrogens with two attached hydrogens (primary N) is 1. The Hall–Kier alpha value is -1.47. The van der Waals surface area contributed by atoms with E-state index in [1.807, 2.05) is 24.9 Å². The molecule has 1 aliphatic rings.